The minimum Gasteiger partial charge on any atom is -0.376 e. The molecular weight excluding hydrogens is 266 g/mol. The molecule has 0 aromatic heterocycles. The molecule has 2 atom stereocenters. The van der Waals surface area contributed by atoms with Gasteiger partial charge in [-0.05, 0) is 18.6 Å². The van der Waals surface area contributed by atoms with Gasteiger partial charge in [0.2, 0.25) is 0 Å². The van der Waals surface area contributed by atoms with Crippen LogP contribution in [0.25, 0.3) is 0 Å². The van der Waals surface area contributed by atoms with Gasteiger partial charge in [-0.1, -0.05) is 0 Å². The van der Waals surface area contributed by atoms with E-state index < -0.39 is 23.0 Å². The molecule has 0 spiro atoms. The standard InChI is InChI=1S/C15H14F2O3/c16-12-1-2-13(17)14-11(12)7-20-6-9-5-10(19)3-4-15(9,14)8-18/h1-2,8-9H,3-7H2. The molecule has 1 aliphatic heterocycles. The predicted octanol–water partition coefficient (Wildman–Crippen LogP) is 2.30. The SMILES string of the molecule is O=CC12CCC(=O)CC1COCc1c(F)ccc(F)c12. The molecule has 1 aliphatic carbocycles. The van der Waals surface area contributed by atoms with Gasteiger partial charge in [0.25, 0.3) is 0 Å². The van der Waals surface area contributed by atoms with Crippen LogP contribution in [0, 0.1) is 17.6 Å². The second kappa shape index (κ2) is 4.74. The van der Waals surface area contributed by atoms with E-state index in [1.807, 2.05) is 0 Å². The van der Waals surface area contributed by atoms with Crippen LogP contribution in [0.15, 0.2) is 12.1 Å². The highest BCUT2D eigenvalue weighted by atomic mass is 19.1. The normalized spacial score (nSPS) is 29.3. The number of fused-ring (bicyclic) bond motifs is 3. The number of hydrogen-bond donors (Lipinski definition) is 0. The molecular formula is C15H14F2O3. The van der Waals surface area contributed by atoms with Crippen molar-refractivity contribution >= 4 is 12.1 Å². The lowest BCUT2D eigenvalue weighted by molar-refractivity contribution is -0.127. The number of ether oxygens (including phenoxy) is 1. The summed E-state index contributed by atoms with van der Waals surface area (Å²) in [5.74, 6) is -1.55. The van der Waals surface area contributed by atoms with E-state index in [1.54, 1.807) is 0 Å². The Hall–Kier alpha value is -1.62. The number of ketones is 1. The third-order valence-corrected chi connectivity index (χ3v) is 4.47. The summed E-state index contributed by atoms with van der Waals surface area (Å²) in [6, 6.07) is 2.09. The van der Waals surface area contributed by atoms with Gasteiger partial charge < -0.3 is 9.53 Å². The van der Waals surface area contributed by atoms with Gasteiger partial charge in [-0.15, -0.1) is 0 Å². The van der Waals surface area contributed by atoms with Gasteiger partial charge >= 0.3 is 0 Å². The van der Waals surface area contributed by atoms with Crippen molar-refractivity contribution in [2.45, 2.75) is 31.3 Å². The van der Waals surface area contributed by atoms with Crippen LogP contribution in [0.2, 0.25) is 0 Å². The molecule has 0 saturated heterocycles. The third-order valence-electron chi connectivity index (χ3n) is 4.47. The second-order valence-corrected chi connectivity index (χ2v) is 5.50. The van der Waals surface area contributed by atoms with Crippen LogP contribution in [0.3, 0.4) is 0 Å². The van der Waals surface area contributed by atoms with E-state index in [2.05, 4.69) is 0 Å². The van der Waals surface area contributed by atoms with Crippen molar-refractivity contribution in [3.63, 3.8) is 0 Å². The van der Waals surface area contributed by atoms with Crippen molar-refractivity contribution in [1.82, 2.24) is 0 Å². The van der Waals surface area contributed by atoms with E-state index in [0.717, 1.165) is 12.1 Å². The maximum atomic E-state index is 14.3. The van der Waals surface area contributed by atoms with E-state index in [4.69, 9.17) is 4.74 Å². The van der Waals surface area contributed by atoms with Crippen LogP contribution in [-0.4, -0.2) is 18.7 Å². The van der Waals surface area contributed by atoms with Crippen LogP contribution in [-0.2, 0) is 26.3 Å². The molecule has 0 radical (unpaired) electrons. The van der Waals surface area contributed by atoms with Gasteiger partial charge in [-0.25, -0.2) is 8.78 Å². The molecule has 0 bridgehead atoms. The molecule has 0 amide bonds. The Bertz CT molecular complexity index is 585. The predicted molar refractivity (Wildman–Crippen MR) is 66.1 cm³/mol. The Morgan fingerprint density at radius 3 is 2.80 bits per heavy atom. The fourth-order valence-electron chi connectivity index (χ4n) is 3.40. The van der Waals surface area contributed by atoms with Crippen LogP contribution in [0.5, 0.6) is 0 Å². The van der Waals surface area contributed by atoms with Gasteiger partial charge in [0.1, 0.15) is 23.7 Å². The highest BCUT2D eigenvalue weighted by Crippen LogP contribution is 2.46. The topological polar surface area (TPSA) is 43.4 Å². The molecule has 2 aliphatic rings. The van der Waals surface area contributed by atoms with Gasteiger partial charge in [-0.2, -0.15) is 0 Å². The highest BCUT2D eigenvalue weighted by Gasteiger charge is 2.49. The summed E-state index contributed by atoms with van der Waals surface area (Å²) < 4.78 is 33.6. The minimum absolute atomic E-state index is 0.0383. The monoisotopic (exact) mass is 280 g/mol. The maximum absolute atomic E-state index is 14.3. The summed E-state index contributed by atoms with van der Waals surface area (Å²) in [6.07, 6.45) is 1.29. The Labute approximate surface area is 114 Å². The maximum Gasteiger partial charge on any atom is 0.133 e. The highest BCUT2D eigenvalue weighted by molar-refractivity contribution is 5.84. The van der Waals surface area contributed by atoms with Crippen molar-refractivity contribution < 1.29 is 23.1 Å². The number of aldehydes is 1. The third kappa shape index (κ3) is 1.80. The van der Waals surface area contributed by atoms with E-state index >= 15 is 0 Å². The van der Waals surface area contributed by atoms with Crippen LogP contribution in [0.4, 0.5) is 8.78 Å². The summed E-state index contributed by atoms with van der Waals surface area (Å²) in [4.78, 5) is 23.4. The van der Waals surface area contributed by atoms with E-state index in [-0.39, 0.29) is 49.4 Å². The average Bonchev–Trinajstić information content (AvgIpc) is 2.60. The molecule has 0 N–H and O–H groups in total. The van der Waals surface area contributed by atoms with Crippen LogP contribution < -0.4 is 0 Å². The number of benzene rings is 1. The average molecular weight is 280 g/mol. The molecule has 5 heteroatoms. The van der Waals surface area contributed by atoms with Gasteiger partial charge in [-0.3, -0.25) is 4.79 Å². The summed E-state index contributed by atoms with van der Waals surface area (Å²) >= 11 is 0. The molecule has 106 valence electrons. The quantitative estimate of drug-likeness (QED) is 0.741. The zero-order chi connectivity index (χ0) is 14.3. The number of Topliss-reactive ketones (excluding diaryl/α,β-unsaturated/α-hetero) is 1. The first-order valence-corrected chi connectivity index (χ1v) is 6.61. The molecule has 1 saturated carbocycles. The molecule has 3 rings (SSSR count). The number of halogens is 2. The smallest absolute Gasteiger partial charge is 0.133 e. The molecule has 1 fully saturated rings. The van der Waals surface area contributed by atoms with Crippen molar-refractivity contribution in [2.75, 3.05) is 6.61 Å². The summed E-state index contributed by atoms with van der Waals surface area (Å²) in [7, 11) is 0. The summed E-state index contributed by atoms with van der Waals surface area (Å²) in [6.45, 7) is 0.0945. The fraction of sp³-hybridized carbons (Fsp3) is 0.467. The van der Waals surface area contributed by atoms with Crippen molar-refractivity contribution in [3.8, 4) is 0 Å². The molecule has 1 aromatic carbocycles. The van der Waals surface area contributed by atoms with E-state index in [9.17, 15) is 18.4 Å². The molecule has 1 heterocycles. The zero-order valence-corrected chi connectivity index (χ0v) is 10.8. The molecule has 2 unspecified atom stereocenters. The molecule has 3 nitrogen and oxygen atoms in total. The summed E-state index contributed by atoms with van der Waals surface area (Å²) in [5, 5.41) is 0. The van der Waals surface area contributed by atoms with Crippen LogP contribution in [0.1, 0.15) is 30.4 Å². The first-order chi connectivity index (χ1) is 9.58. The Kier molecular flexibility index (Phi) is 3.17. The van der Waals surface area contributed by atoms with Gasteiger partial charge in [0.15, 0.2) is 0 Å². The minimum atomic E-state index is -1.15. The Morgan fingerprint density at radius 1 is 1.30 bits per heavy atom. The van der Waals surface area contributed by atoms with Crippen molar-refractivity contribution in [2.24, 2.45) is 5.92 Å². The number of carbonyl (C=O) groups is 2. The lowest BCUT2D eigenvalue weighted by atomic mass is 9.62. The Morgan fingerprint density at radius 2 is 2.05 bits per heavy atom. The lowest BCUT2D eigenvalue weighted by Gasteiger charge is -2.39. The number of hydrogen-bond acceptors (Lipinski definition) is 3. The number of rotatable bonds is 1. The lowest BCUT2D eigenvalue weighted by Crippen LogP contribution is -2.44. The second-order valence-electron chi connectivity index (χ2n) is 5.50. The molecule has 1 aromatic rings. The van der Waals surface area contributed by atoms with Crippen molar-refractivity contribution in [3.05, 3.63) is 34.9 Å². The first-order valence-electron chi connectivity index (χ1n) is 6.61. The van der Waals surface area contributed by atoms with E-state index in [1.165, 1.54) is 0 Å². The number of carbonyl (C=O) groups excluding carboxylic acids is 2. The van der Waals surface area contributed by atoms with E-state index in [0.29, 0.717) is 6.29 Å². The van der Waals surface area contributed by atoms with Crippen LogP contribution >= 0.6 is 0 Å². The largest absolute Gasteiger partial charge is 0.376 e. The van der Waals surface area contributed by atoms with Crippen molar-refractivity contribution in [1.29, 1.82) is 0 Å². The van der Waals surface area contributed by atoms with Gasteiger partial charge in [0, 0.05) is 29.9 Å². The zero-order valence-electron chi connectivity index (χ0n) is 10.8. The molecule has 20 heavy (non-hydrogen) atoms. The Balaban J connectivity index is 2.24. The first kappa shape index (κ1) is 13.4. The fourth-order valence-corrected chi connectivity index (χ4v) is 3.40. The summed E-state index contributed by atoms with van der Waals surface area (Å²) in [5.41, 5.74) is -0.956. The van der Waals surface area contributed by atoms with Gasteiger partial charge in [0.05, 0.1) is 18.6 Å².